The molecule has 1 nitrogen and oxygen atoms in total. The molecule has 0 aromatic carbocycles. The van der Waals surface area contributed by atoms with E-state index < -0.39 is 16.0 Å². The van der Waals surface area contributed by atoms with Crippen LogP contribution in [0.4, 0.5) is 8.22 Å². The fourth-order valence-electron chi connectivity index (χ4n) is 0.527. The minimum Gasteiger partial charge on any atom is -0.279 e. The molecule has 0 fully saturated rings. The van der Waals surface area contributed by atoms with Crippen LogP contribution in [0.3, 0.4) is 0 Å². The van der Waals surface area contributed by atoms with Gasteiger partial charge in [0.1, 0.15) is 0 Å². The van der Waals surface area contributed by atoms with E-state index >= 15 is 0 Å². The lowest BCUT2D eigenvalue weighted by atomic mass is 11.9. The van der Waals surface area contributed by atoms with E-state index in [1.54, 1.807) is 20.0 Å². The Hall–Kier alpha value is 0.307. The van der Waals surface area contributed by atoms with Gasteiger partial charge in [-0.2, -0.15) is 0 Å². The summed E-state index contributed by atoms with van der Waals surface area (Å²) in [6, 6.07) is 0. The van der Waals surface area contributed by atoms with Gasteiger partial charge in [0, 0.05) is 6.55 Å². The zero-order valence-corrected chi connectivity index (χ0v) is 8.04. The normalized spacial score (nSPS) is 13.6. The molecule has 0 atom stereocenters. The molecule has 0 radical (unpaired) electrons. The second-order valence-electron chi connectivity index (χ2n) is 2.88. The Morgan fingerprint density at radius 3 is 1.56 bits per heavy atom. The molecule has 56 valence electrons. The predicted molar refractivity (Wildman–Crippen MR) is 41.0 cm³/mol. The second kappa shape index (κ2) is 2.50. The Bertz CT molecular complexity index is 137. The Labute approximate surface area is 56.0 Å². The predicted octanol–water partition coefficient (Wildman–Crippen LogP) is 2.58. The third-order valence-electron chi connectivity index (χ3n) is 0.476. The molecule has 0 aliphatic rings. The maximum atomic E-state index is 12.2. The van der Waals surface area contributed by atoms with Gasteiger partial charge in [0.2, 0.25) is 0 Å². The van der Waals surface area contributed by atoms with Crippen molar-refractivity contribution in [2.45, 2.75) is 6.55 Å². The van der Waals surface area contributed by atoms with Gasteiger partial charge in [-0.15, -0.1) is 0 Å². The van der Waals surface area contributed by atoms with Gasteiger partial charge in [-0.25, -0.2) is 8.22 Å². The first-order valence-electron chi connectivity index (χ1n) is 2.64. The third kappa shape index (κ3) is 8.31. The summed E-state index contributed by atoms with van der Waals surface area (Å²) in [4.78, 5) is 0. The molecule has 0 heterocycles. The number of halogens is 2. The van der Waals surface area contributed by atoms with Crippen molar-refractivity contribution in [3.05, 3.63) is 0 Å². The standard InChI is InChI=1S/C4H12F2NPSi/c1-8(2,3)7-9(4,5)6/h1-4H3. The highest BCUT2D eigenvalue weighted by atomic mass is 31.2. The van der Waals surface area contributed by atoms with Crippen LogP contribution in [0.5, 0.6) is 0 Å². The van der Waals surface area contributed by atoms with E-state index in [1.165, 1.54) is 0 Å². The Morgan fingerprint density at radius 1 is 1.22 bits per heavy atom. The fraction of sp³-hybridized carbons (Fsp3) is 1.00. The van der Waals surface area contributed by atoms with Gasteiger partial charge in [0.15, 0.2) is 0 Å². The highest BCUT2D eigenvalue weighted by Crippen LogP contribution is 2.38. The molecule has 0 saturated carbocycles. The van der Waals surface area contributed by atoms with E-state index in [0.29, 0.717) is 0 Å². The summed E-state index contributed by atoms with van der Waals surface area (Å²) in [7, 11) is -5.72. The molecule has 0 unspecified atom stereocenters. The summed E-state index contributed by atoms with van der Waals surface area (Å²) in [5, 5.41) is 0. The fourth-order valence-corrected chi connectivity index (χ4v) is 4.74. The topological polar surface area (TPSA) is 12.4 Å². The Morgan fingerprint density at radius 2 is 1.56 bits per heavy atom. The Balaban J connectivity index is 4.32. The van der Waals surface area contributed by atoms with Crippen molar-refractivity contribution in [1.82, 2.24) is 0 Å². The van der Waals surface area contributed by atoms with Crippen molar-refractivity contribution in [1.29, 1.82) is 0 Å². The van der Waals surface area contributed by atoms with Crippen molar-refractivity contribution in [3.63, 3.8) is 0 Å². The molecular formula is C4H12F2NPSi. The molecule has 0 bridgehead atoms. The minimum atomic E-state index is -4.12. The molecule has 0 spiro atoms. The first-order chi connectivity index (χ1) is 3.71. The summed E-state index contributed by atoms with van der Waals surface area (Å²) in [5.41, 5.74) is 0. The van der Waals surface area contributed by atoms with Crippen LogP contribution in [0.2, 0.25) is 6.55 Å². The molecule has 0 aliphatic heterocycles. The van der Waals surface area contributed by atoms with Crippen LogP contribution >= 0.6 is 7.05 Å². The number of rotatable bonds is 1. The quantitative estimate of drug-likeness (QED) is 0.326. The van der Waals surface area contributed by atoms with Crippen LogP contribution in [-0.4, -0.2) is 28.9 Å². The summed E-state index contributed by atoms with van der Waals surface area (Å²) in [6.07, 6.45) is 0. The Kier molecular flexibility index (Phi) is 2.59. The van der Waals surface area contributed by atoms with Crippen molar-refractivity contribution in [3.8, 4) is 0 Å². The lowest BCUT2D eigenvalue weighted by Gasteiger charge is -2.08. The molecule has 0 aromatic rings. The first kappa shape index (κ1) is 9.31. The van der Waals surface area contributed by atoms with Gasteiger partial charge in [0.25, 0.3) is 0 Å². The van der Waals surface area contributed by atoms with Gasteiger partial charge >= 0.3 is 8.90 Å². The SMILES string of the molecule is C[Si](F)(F)N=P(C)(C)C. The largest absolute Gasteiger partial charge is 0.550 e. The molecule has 0 aliphatic carbocycles. The number of hydrogen-bond donors (Lipinski definition) is 0. The van der Waals surface area contributed by atoms with Gasteiger partial charge in [0.05, 0.1) is 0 Å². The van der Waals surface area contributed by atoms with Gasteiger partial charge < -0.3 is 0 Å². The molecule has 0 aromatic heterocycles. The average molecular weight is 171 g/mol. The number of nitrogens with zero attached hydrogens (tertiary/aromatic N) is 1. The monoisotopic (exact) mass is 171 g/mol. The maximum absolute atomic E-state index is 12.2. The number of hydrogen-bond acceptors (Lipinski definition) is 1. The molecule has 0 amide bonds. The van der Waals surface area contributed by atoms with Crippen LogP contribution in [0.15, 0.2) is 4.41 Å². The van der Waals surface area contributed by atoms with Crippen molar-refractivity contribution in [2.24, 2.45) is 4.41 Å². The van der Waals surface area contributed by atoms with Crippen LogP contribution in [0.25, 0.3) is 0 Å². The lowest BCUT2D eigenvalue weighted by Crippen LogP contribution is -2.11. The average Bonchev–Trinajstić information content (AvgIpc) is 1.14. The zero-order valence-electron chi connectivity index (χ0n) is 6.15. The van der Waals surface area contributed by atoms with Crippen LogP contribution in [0.1, 0.15) is 0 Å². The molecule has 5 heteroatoms. The van der Waals surface area contributed by atoms with E-state index in [1.807, 2.05) is 0 Å². The summed E-state index contributed by atoms with van der Waals surface area (Å²) >= 11 is 0. The highest BCUT2D eigenvalue weighted by Gasteiger charge is 2.28. The smallest absolute Gasteiger partial charge is 0.279 e. The zero-order chi connectivity index (χ0) is 7.71. The van der Waals surface area contributed by atoms with Crippen molar-refractivity contribution in [2.75, 3.05) is 20.0 Å². The van der Waals surface area contributed by atoms with Gasteiger partial charge in [-0.3, -0.25) is 4.41 Å². The second-order valence-corrected chi connectivity index (χ2v) is 9.25. The van der Waals surface area contributed by atoms with E-state index in [9.17, 15) is 8.22 Å². The first-order valence-corrected chi connectivity index (χ1v) is 7.93. The molecule has 0 rings (SSSR count). The molecule has 0 N–H and O–H groups in total. The lowest BCUT2D eigenvalue weighted by molar-refractivity contribution is 0.618. The summed E-state index contributed by atoms with van der Waals surface area (Å²) < 4.78 is 27.9. The third-order valence-corrected chi connectivity index (χ3v) is 4.28. The molecule has 9 heavy (non-hydrogen) atoms. The summed E-state index contributed by atoms with van der Waals surface area (Å²) in [6.45, 7) is 6.32. The minimum absolute atomic E-state index is 0.957. The van der Waals surface area contributed by atoms with Gasteiger partial charge in [-0.05, 0) is 27.0 Å². The molecule has 0 saturated heterocycles. The van der Waals surface area contributed by atoms with Crippen molar-refractivity contribution < 1.29 is 8.22 Å². The van der Waals surface area contributed by atoms with E-state index in [4.69, 9.17) is 0 Å². The molecular weight excluding hydrogens is 159 g/mol. The van der Waals surface area contributed by atoms with Crippen LogP contribution in [0, 0.1) is 0 Å². The van der Waals surface area contributed by atoms with E-state index in [2.05, 4.69) is 4.41 Å². The van der Waals surface area contributed by atoms with Crippen LogP contribution < -0.4 is 0 Å². The van der Waals surface area contributed by atoms with E-state index in [-0.39, 0.29) is 0 Å². The van der Waals surface area contributed by atoms with Crippen LogP contribution in [-0.2, 0) is 0 Å². The summed E-state index contributed by atoms with van der Waals surface area (Å²) in [5.74, 6) is 0. The van der Waals surface area contributed by atoms with Gasteiger partial charge in [-0.1, -0.05) is 0 Å². The van der Waals surface area contributed by atoms with Crippen molar-refractivity contribution >= 4 is 16.0 Å². The van der Waals surface area contributed by atoms with E-state index in [0.717, 1.165) is 6.55 Å². The highest BCUT2D eigenvalue weighted by molar-refractivity contribution is 7.65. The maximum Gasteiger partial charge on any atom is 0.550 e.